The third kappa shape index (κ3) is 2.33. The van der Waals surface area contributed by atoms with Crippen LogP contribution >= 0.6 is 0 Å². The molecule has 1 N–H and O–H groups in total. The second kappa shape index (κ2) is 4.85. The molecule has 2 atom stereocenters. The van der Waals surface area contributed by atoms with Crippen LogP contribution in [-0.4, -0.2) is 34.3 Å². The molecular formula is C12H17NO4. The molecule has 17 heavy (non-hydrogen) atoms. The van der Waals surface area contributed by atoms with Crippen LogP contribution in [0.25, 0.3) is 0 Å². The number of hydrogen-bond donors (Lipinski definition) is 1. The highest BCUT2D eigenvalue weighted by atomic mass is 16.4. The Bertz CT molecular complexity index is 330. The fourth-order valence-corrected chi connectivity index (χ4v) is 2.83. The molecule has 0 aromatic rings. The van der Waals surface area contributed by atoms with Crippen LogP contribution in [-0.2, 0) is 14.4 Å². The third-order valence-corrected chi connectivity index (χ3v) is 3.70. The van der Waals surface area contributed by atoms with Crippen LogP contribution in [0.4, 0.5) is 0 Å². The van der Waals surface area contributed by atoms with Gasteiger partial charge in [0.1, 0.15) is 0 Å². The van der Waals surface area contributed by atoms with Crippen molar-refractivity contribution in [3.63, 3.8) is 0 Å². The first kappa shape index (κ1) is 12.1. The average Bonchev–Trinajstić information content (AvgIpc) is 2.82. The Morgan fingerprint density at radius 3 is 2.29 bits per heavy atom. The van der Waals surface area contributed by atoms with Crippen molar-refractivity contribution in [1.82, 2.24) is 4.90 Å². The zero-order valence-electron chi connectivity index (χ0n) is 9.72. The minimum absolute atomic E-state index is 0.0344. The van der Waals surface area contributed by atoms with Gasteiger partial charge in [0, 0.05) is 13.0 Å². The van der Waals surface area contributed by atoms with Crippen LogP contribution in [0.2, 0.25) is 0 Å². The van der Waals surface area contributed by atoms with Gasteiger partial charge in [-0.2, -0.15) is 0 Å². The van der Waals surface area contributed by atoms with Crippen LogP contribution in [0.15, 0.2) is 0 Å². The highest BCUT2D eigenvalue weighted by Gasteiger charge is 2.49. The van der Waals surface area contributed by atoms with E-state index >= 15 is 0 Å². The Balaban J connectivity index is 1.83. The van der Waals surface area contributed by atoms with Crippen molar-refractivity contribution in [3.8, 4) is 0 Å². The maximum absolute atomic E-state index is 11.9. The third-order valence-electron chi connectivity index (χ3n) is 3.70. The number of unbranched alkanes of at least 4 members (excludes halogenated alkanes) is 1. The summed E-state index contributed by atoms with van der Waals surface area (Å²) in [5.74, 6) is -1.06. The maximum Gasteiger partial charge on any atom is 0.303 e. The van der Waals surface area contributed by atoms with Crippen molar-refractivity contribution in [3.05, 3.63) is 0 Å². The Labute approximate surface area is 99.8 Å². The predicted octanol–water partition coefficient (Wildman–Crippen LogP) is 1.03. The molecule has 2 unspecified atom stereocenters. The molecule has 94 valence electrons. The number of carbonyl (C=O) groups excluding carboxylic acids is 2. The van der Waals surface area contributed by atoms with Crippen LogP contribution < -0.4 is 0 Å². The molecule has 1 aliphatic carbocycles. The van der Waals surface area contributed by atoms with E-state index in [2.05, 4.69) is 0 Å². The summed E-state index contributed by atoms with van der Waals surface area (Å²) < 4.78 is 0. The Hall–Kier alpha value is -1.39. The first-order chi connectivity index (χ1) is 8.11. The second-order valence-electron chi connectivity index (χ2n) is 4.82. The van der Waals surface area contributed by atoms with Crippen LogP contribution in [0.5, 0.6) is 0 Å². The SMILES string of the molecule is O=C(O)CCCCN1C(=O)C2CCCC2C1=O. The van der Waals surface area contributed by atoms with Gasteiger partial charge in [0.25, 0.3) is 0 Å². The number of nitrogens with zero attached hydrogens (tertiary/aromatic N) is 1. The summed E-state index contributed by atoms with van der Waals surface area (Å²) in [6.45, 7) is 0.387. The topological polar surface area (TPSA) is 74.7 Å². The molecule has 0 bridgehead atoms. The first-order valence-corrected chi connectivity index (χ1v) is 6.18. The van der Waals surface area contributed by atoms with E-state index in [1.54, 1.807) is 0 Å². The Morgan fingerprint density at radius 2 is 1.76 bits per heavy atom. The number of carboxylic acids is 1. The molecule has 0 radical (unpaired) electrons. The van der Waals surface area contributed by atoms with Crippen LogP contribution in [0.1, 0.15) is 38.5 Å². The minimum Gasteiger partial charge on any atom is -0.481 e. The number of likely N-dealkylation sites (tertiary alicyclic amines) is 1. The van der Waals surface area contributed by atoms with Crippen molar-refractivity contribution in [1.29, 1.82) is 0 Å². The smallest absolute Gasteiger partial charge is 0.303 e. The lowest BCUT2D eigenvalue weighted by molar-refractivity contribution is -0.140. The summed E-state index contributed by atoms with van der Waals surface area (Å²) in [5.41, 5.74) is 0. The fraction of sp³-hybridized carbons (Fsp3) is 0.750. The zero-order chi connectivity index (χ0) is 12.4. The summed E-state index contributed by atoms with van der Waals surface area (Å²) in [4.78, 5) is 35.5. The summed E-state index contributed by atoms with van der Waals surface area (Å²) in [6, 6.07) is 0. The van der Waals surface area contributed by atoms with Crippen molar-refractivity contribution in [2.24, 2.45) is 11.8 Å². The van der Waals surface area contributed by atoms with Crippen molar-refractivity contribution in [2.45, 2.75) is 38.5 Å². The average molecular weight is 239 g/mol. The van der Waals surface area contributed by atoms with Gasteiger partial charge in [0.15, 0.2) is 0 Å². The highest BCUT2D eigenvalue weighted by molar-refractivity contribution is 6.05. The van der Waals surface area contributed by atoms with E-state index in [0.717, 1.165) is 19.3 Å². The minimum atomic E-state index is -0.832. The Kier molecular flexibility index (Phi) is 3.45. The van der Waals surface area contributed by atoms with Crippen molar-refractivity contribution >= 4 is 17.8 Å². The molecule has 5 nitrogen and oxygen atoms in total. The molecule has 2 rings (SSSR count). The van der Waals surface area contributed by atoms with Gasteiger partial charge >= 0.3 is 5.97 Å². The monoisotopic (exact) mass is 239 g/mol. The largest absolute Gasteiger partial charge is 0.481 e. The van der Waals surface area contributed by atoms with Gasteiger partial charge in [-0.3, -0.25) is 19.3 Å². The molecule has 2 aliphatic rings. The normalized spacial score (nSPS) is 27.6. The standard InChI is InChI=1S/C12H17NO4/c14-10(15)6-1-2-7-13-11(16)8-4-3-5-9(8)12(13)17/h8-9H,1-7H2,(H,14,15). The molecule has 0 spiro atoms. The summed E-state index contributed by atoms with van der Waals surface area (Å²) in [5, 5.41) is 8.49. The van der Waals surface area contributed by atoms with Crippen molar-refractivity contribution in [2.75, 3.05) is 6.54 Å². The van der Waals surface area contributed by atoms with E-state index in [1.165, 1.54) is 4.90 Å². The van der Waals surface area contributed by atoms with Gasteiger partial charge in [-0.25, -0.2) is 0 Å². The first-order valence-electron chi connectivity index (χ1n) is 6.18. The quantitative estimate of drug-likeness (QED) is 0.574. The van der Waals surface area contributed by atoms with E-state index < -0.39 is 5.97 Å². The number of hydrogen-bond acceptors (Lipinski definition) is 3. The summed E-state index contributed by atoms with van der Waals surface area (Å²) in [7, 11) is 0. The molecule has 1 heterocycles. The molecule has 2 fully saturated rings. The molecule has 1 saturated carbocycles. The van der Waals surface area contributed by atoms with Crippen molar-refractivity contribution < 1.29 is 19.5 Å². The number of carboxylic acid groups (broad SMARTS) is 1. The zero-order valence-corrected chi connectivity index (χ0v) is 9.72. The number of rotatable bonds is 5. The summed E-state index contributed by atoms with van der Waals surface area (Å²) >= 11 is 0. The molecular weight excluding hydrogens is 222 g/mol. The van der Waals surface area contributed by atoms with E-state index in [1.807, 2.05) is 0 Å². The molecule has 0 aromatic heterocycles. The van der Waals surface area contributed by atoms with E-state index in [4.69, 9.17) is 5.11 Å². The van der Waals surface area contributed by atoms with E-state index in [-0.39, 0.29) is 30.1 Å². The van der Waals surface area contributed by atoms with E-state index in [9.17, 15) is 14.4 Å². The lowest BCUT2D eigenvalue weighted by Gasteiger charge is -2.15. The molecule has 1 saturated heterocycles. The maximum atomic E-state index is 11.9. The fourth-order valence-electron chi connectivity index (χ4n) is 2.83. The van der Waals surface area contributed by atoms with E-state index in [0.29, 0.717) is 19.4 Å². The van der Waals surface area contributed by atoms with Gasteiger partial charge in [0.05, 0.1) is 11.8 Å². The highest BCUT2D eigenvalue weighted by Crippen LogP contribution is 2.39. The predicted molar refractivity (Wildman–Crippen MR) is 59.0 cm³/mol. The van der Waals surface area contributed by atoms with Crippen LogP contribution in [0.3, 0.4) is 0 Å². The van der Waals surface area contributed by atoms with Gasteiger partial charge in [-0.05, 0) is 25.7 Å². The van der Waals surface area contributed by atoms with Gasteiger partial charge in [0.2, 0.25) is 11.8 Å². The summed E-state index contributed by atoms with van der Waals surface area (Å²) in [6.07, 6.45) is 3.84. The molecule has 2 amide bonds. The van der Waals surface area contributed by atoms with Gasteiger partial charge in [-0.15, -0.1) is 0 Å². The second-order valence-corrected chi connectivity index (χ2v) is 4.82. The molecule has 5 heteroatoms. The number of amides is 2. The number of aliphatic carboxylic acids is 1. The lowest BCUT2D eigenvalue weighted by Crippen LogP contribution is -2.32. The number of imide groups is 1. The number of carbonyl (C=O) groups is 3. The number of fused-ring (bicyclic) bond motifs is 1. The lowest BCUT2D eigenvalue weighted by atomic mass is 10.00. The molecule has 0 aromatic carbocycles. The Morgan fingerprint density at radius 1 is 1.18 bits per heavy atom. The van der Waals surface area contributed by atoms with Gasteiger partial charge in [-0.1, -0.05) is 6.42 Å². The van der Waals surface area contributed by atoms with Gasteiger partial charge < -0.3 is 5.11 Å². The van der Waals surface area contributed by atoms with Crippen LogP contribution in [0, 0.1) is 11.8 Å². The molecule has 1 aliphatic heterocycles.